The van der Waals surface area contributed by atoms with E-state index in [-0.39, 0.29) is 23.8 Å². The highest BCUT2D eigenvalue weighted by Crippen LogP contribution is 2.48. The number of hydrogen-bond donors (Lipinski definition) is 1. The first-order chi connectivity index (χ1) is 14.1. The van der Waals surface area contributed by atoms with Crippen LogP contribution in [-0.2, 0) is 21.4 Å². The Morgan fingerprint density at radius 2 is 2.03 bits per heavy atom. The van der Waals surface area contributed by atoms with Crippen molar-refractivity contribution in [2.45, 2.75) is 37.5 Å². The molecular weight excluding hydrogens is 396 g/mol. The lowest BCUT2D eigenvalue weighted by Crippen LogP contribution is -2.35. The lowest BCUT2D eigenvalue weighted by molar-refractivity contribution is -0.121. The second kappa shape index (κ2) is 8.41. The van der Waals surface area contributed by atoms with Crippen LogP contribution in [0.25, 0.3) is 0 Å². The molecule has 9 heteroatoms. The number of benzene rings is 1. The van der Waals surface area contributed by atoms with Crippen molar-refractivity contribution >= 4 is 23.6 Å². The topological polar surface area (TPSA) is 97.6 Å². The van der Waals surface area contributed by atoms with Gasteiger partial charge in [0.25, 0.3) is 0 Å². The summed E-state index contributed by atoms with van der Waals surface area (Å²) in [5, 5.41) is 11.9. The van der Waals surface area contributed by atoms with Crippen LogP contribution in [0.1, 0.15) is 43.0 Å². The third-order valence-corrected chi connectivity index (χ3v) is 5.85. The van der Waals surface area contributed by atoms with E-state index in [0.29, 0.717) is 49.5 Å². The number of aryl methyl sites for hydroxylation is 1. The van der Waals surface area contributed by atoms with Crippen LogP contribution in [0.15, 0.2) is 28.7 Å². The van der Waals surface area contributed by atoms with Crippen molar-refractivity contribution in [2.75, 3.05) is 26.2 Å². The highest BCUT2D eigenvalue weighted by molar-refractivity contribution is 6.30. The molecule has 4 rings (SSSR count). The molecule has 1 aromatic carbocycles. The van der Waals surface area contributed by atoms with Crippen LogP contribution in [0.4, 0.5) is 4.79 Å². The van der Waals surface area contributed by atoms with E-state index in [9.17, 15) is 9.59 Å². The van der Waals surface area contributed by atoms with Gasteiger partial charge in [-0.3, -0.25) is 4.79 Å². The third-order valence-electron chi connectivity index (χ3n) is 5.59. The van der Waals surface area contributed by atoms with Crippen LogP contribution in [0, 0.1) is 0 Å². The van der Waals surface area contributed by atoms with Gasteiger partial charge in [0.15, 0.2) is 0 Å². The minimum Gasteiger partial charge on any atom is -0.448 e. The predicted octanol–water partition coefficient (Wildman–Crippen LogP) is 2.69. The number of carbonyl (C=O) groups excluding carboxylic acids is 2. The number of aromatic nitrogens is 2. The lowest BCUT2D eigenvalue weighted by atomic mass is 9.64. The van der Waals surface area contributed by atoms with Gasteiger partial charge in [-0.1, -0.05) is 30.2 Å². The second-order valence-corrected chi connectivity index (χ2v) is 7.83. The monoisotopic (exact) mass is 418 g/mol. The fraction of sp³-hybridized carbons (Fsp3) is 0.500. The van der Waals surface area contributed by atoms with Gasteiger partial charge >= 0.3 is 6.09 Å². The van der Waals surface area contributed by atoms with Gasteiger partial charge in [0.1, 0.15) is 6.61 Å². The predicted molar refractivity (Wildman–Crippen MR) is 105 cm³/mol. The minimum atomic E-state index is -0.330. The smallest absolute Gasteiger partial charge is 0.409 e. The summed E-state index contributed by atoms with van der Waals surface area (Å²) in [6.45, 7) is 1.81. The Bertz CT molecular complexity index is 879. The highest BCUT2D eigenvalue weighted by Gasteiger charge is 2.45. The van der Waals surface area contributed by atoms with E-state index in [1.165, 1.54) is 0 Å². The quantitative estimate of drug-likeness (QED) is 0.707. The minimum absolute atomic E-state index is 0.117. The maximum Gasteiger partial charge on any atom is 0.409 e. The van der Waals surface area contributed by atoms with E-state index in [2.05, 4.69) is 15.5 Å². The molecule has 1 aliphatic carbocycles. The highest BCUT2D eigenvalue weighted by atomic mass is 35.5. The number of nitrogens with zero attached hydrogens (tertiary/aromatic N) is 3. The summed E-state index contributed by atoms with van der Waals surface area (Å²) in [5.74, 6) is 0.945. The Labute approximate surface area is 173 Å². The van der Waals surface area contributed by atoms with Crippen molar-refractivity contribution in [3.8, 4) is 0 Å². The summed E-state index contributed by atoms with van der Waals surface area (Å²) < 4.78 is 10.8. The fourth-order valence-corrected chi connectivity index (χ4v) is 3.87. The van der Waals surface area contributed by atoms with Gasteiger partial charge in [0.2, 0.25) is 17.7 Å². The second-order valence-electron chi connectivity index (χ2n) is 7.39. The summed E-state index contributed by atoms with van der Waals surface area (Å²) >= 11 is 6.01. The van der Waals surface area contributed by atoms with Gasteiger partial charge < -0.3 is 19.4 Å². The molecule has 1 saturated carbocycles. The van der Waals surface area contributed by atoms with Gasteiger partial charge in [0, 0.05) is 31.0 Å². The number of nitrogens with one attached hydrogen (secondary N) is 1. The average molecular weight is 419 g/mol. The largest absolute Gasteiger partial charge is 0.448 e. The molecule has 0 spiro atoms. The van der Waals surface area contributed by atoms with E-state index >= 15 is 0 Å². The Kier molecular flexibility index (Phi) is 5.71. The molecule has 0 atom stereocenters. The molecule has 2 amide bonds. The van der Waals surface area contributed by atoms with Gasteiger partial charge in [-0.25, -0.2) is 4.79 Å². The van der Waals surface area contributed by atoms with Crippen molar-refractivity contribution in [3.63, 3.8) is 0 Å². The van der Waals surface area contributed by atoms with E-state index in [4.69, 9.17) is 20.8 Å². The molecule has 1 saturated heterocycles. The summed E-state index contributed by atoms with van der Waals surface area (Å²) in [6, 6.07) is 7.77. The maximum absolute atomic E-state index is 12.0. The van der Waals surface area contributed by atoms with Crippen LogP contribution in [0.2, 0.25) is 5.02 Å². The molecule has 1 aliphatic heterocycles. The van der Waals surface area contributed by atoms with Crippen LogP contribution >= 0.6 is 11.6 Å². The number of hydrogen-bond acceptors (Lipinski definition) is 6. The molecule has 2 aromatic rings. The van der Waals surface area contributed by atoms with Gasteiger partial charge in [-0.05, 0) is 30.5 Å². The van der Waals surface area contributed by atoms with Gasteiger partial charge in [-0.15, -0.1) is 10.2 Å². The molecule has 1 N–H and O–H groups in total. The first-order valence-corrected chi connectivity index (χ1v) is 10.2. The van der Waals surface area contributed by atoms with E-state index in [0.717, 1.165) is 24.8 Å². The zero-order valence-electron chi connectivity index (χ0n) is 16.0. The number of halogens is 1. The fourth-order valence-electron chi connectivity index (χ4n) is 3.74. The van der Waals surface area contributed by atoms with Crippen LogP contribution in [0.3, 0.4) is 0 Å². The third kappa shape index (κ3) is 4.22. The molecule has 154 valence electrons. The SMILES string of the molecule is O=C(CCc1nnc(C2(c3ccc(Cl)cc3)CCC2)o1)NCCN1CCOC1=O. The number of rotatable bonds is 8. The molecule has 2 aliphatic rings. The Morgan fingerprint density at radius 1 is 1.24 bits per heavy atom. The van der Waals surface area contributed by atoms with Crippen molar-refractivity contribution in [1.82, 2.24) is 20.4 Å². The standard InChI is InChI=1S/C20H23ClN4O4/c21-15-4-2-14(3-5-15)20(8-1-9-20)18-24-23-17(29-18)7-6-16(26)22-10-11-25-12-13-28-19(25)27/h2-5H,1,6-13H2,(H,22,26). The molecule has 0 radical (unpaired) electrons. The van der Waals surface area contributed by atoms with Gasteiger partial charge in [0.05, 0.1) is 12.0 Å². The first-order valence-electron chi connectivity index (χ1n) is 9.84. The normalized spacial score (nSPS) is 17.7. The van der Waals surface area contributed by atoms with Crippen LogP contribution < -0.4 is 5.32 Å². The molecular formula is C20H23ClN4O4. The molecule has 8 nitrogen and oxygen atoms in total. The van der Waals surface area contributed by atoms with Crippen LogP contribution in [-0.4, -0.2) is 53.3 Å². The maximum atomic E-state index is 12.0. The van der Waals surface area contributed by atoms with E-state index in [1.807, 2.05) is 24.3 Å². The Balaban J connectivity index is 1.29. The molecule has 1 aromatic heterocycles. The van der Waals surface area contributed by atoms with Crippen molar-refractivity contribution in [1.29, 1.82) is 0 Å². The first kappa shape index (κ1) is 19.7. The molecule has 2 fully saturated rings. The summed E-state index contributed by atoms with van der Waals surface area (Å²) in [5.41, 5.74) is 0.879. The number of cyclic esters (lactones) is 1. The summed E-state index contributed by atoms with van der Waals surface area (Å²) in [4.78, 5) is 25.0. The average Bonchev–Trinajstić information content (AvgIpc) is 3.30. The van der Waals surface area contributed by atoms with E-state index in [1.54, 1.807) is 4.90 Å². The Morgan fingerprint density at radius 3 is 2.69 bits per heavy atom. The molecule has 0 unspecified atom stereocenters. The molecule has 29 heavy (non-hydrogen) atoms. The number of carbonyl (C=O) groups is 2. The number of amides is 2. The summed E-state index contributed by atoms with van der Waals surface area (Å²) in [7, 11) is 0. The molecule has 2 heterocycles. The zero-order valence-corrected chi connectivity index (χ0v) is 16.8. The van der Waals surface area contributed by atoms with Crippen molar-refractivity contribution in [2.24, 2.45) is 0 Å². The summed E-state index contributed by atoms with van der Waals surface area (Å²) in [6.07, 6.45) is 3.31. The van der Waals surface area contributed by atoms with Crippen molar-refractivity contribution in [3.05, 3.63) is 46.6 Å². The number of ether oxygens (including phenoxy) is 1. The van der Waals surface area contributed by atoms with Crippen molar-refractivity contribution < 1.29 is 18.7 Å². The van der Waals surface area contributed by atoms with Gasteiger partial charge in [-0.2, -0.15) is 0 Å². The Hall–Kier alpha value is -2.61. The lowest BCUT2D eigenvalue weighted by Gasteiger charge is -2.39. The molecule has 0 bridgehead atoms. The van der Waals surface area contributed by atoms with E-state index < -0.39 is 0 Å². The van der Waals surface area contributed by atoms with Crippen LogP contribution in [0.5, 0.6) is 0 Å². The zero-order chi connectivity index (χ0) is 20.3.